The Balaban J connectivity index is 2.02. The summed E-state index contributed by atoms with van der Waals surface area (Å²) in [6, 6.07) is 13.7. The largest absolute Gasteiger partial charge is 0.480 e. The number of benzene rings is 2. The minimum Gasteiger partial charge on any atom is -0.480 e. The van der Waals surface area contributed by atoms with Gasteiger partial charge in [-0.1, -0.05) is 42.5 Å². The molecule has 7 heteroatoms. The molecule has 0 fully saturated rings. The van der Waals surface area contributed by atoms with Crippen molar-refractivity contribution in [2.75, 3.05) is 7.05 Å². The van der Waals surface area contributed by atoms with Gasteiger partial charge in [-0.15, -0.1) is 0 Å². The van der Waals surface area contributed by atoms with E-state index in [2.05, 4.69) is 4.74 Å². The Morgan fingerprint density at radius 2 is 1.65 bits per heavy atom. The lowest BCUT2D eigenvalue weighted by atomic mass is 10.0. The van der Waals surface area contributed by atoms with Gasteiger partial charge in [0.25, 0.3) is 0 Å². The van der Waals surface area contributed by atoms with Crippen LogP contribution < -0.4 is 4.74 Å². The van der Waals surface area contributed by atoms with Gasteiger partial charge in [-0.25, -0.2) is 4.79 Å². The zero-order chi connectivity index (χ0) is 19.1. The second-order valence-electron chi connectivity index (χ2n) is 5.75. The first-order valence-electron chi connectivity index (χ1n) is 7.93. The standard InChI is InChI=1S/C19H19F2NO4/c1-22(16(18(24)25)11-13-5-3-2-4-6-13)17(23)12-14-7-9-15(10-8-14)26-19(20)21/h2-10,16,19H,11-12H2,1H3,(H,24,25). The third-order valence-corrected chi connectivity index (χ3v) is 3.92. The van der Waals surface area contributed by atoms with Gasteiger partial charge in [0, 0.05) is 13.5 Å². The summed E-state index contributed by atoms with van der Waals surface area (Å²) in [7, 11) is 1.44. The number of amides is 1. The maximum Gasteiger partial charge on any atom is 0.387 e. The number of aliphatic carboxylic acids is 1. The van der Waals surface area contributed by atoms with Crippen molar-refractivity contribution in [1.82, 2.24) is 4.90 Å². The summed E-state index contributed by atoms with van der Waals surface area (Å²) >= 11 is 0. The first-order valence-corrected chi connectivity index (χ1v) is 7.93. The molecule has 0 spiro atoms. The summed E-state index contributed by atoms with van der Waals surface area (Å²) in [6.07, 6.45) is 0.156. The number of rotatable bonds is 8. The molecule has 5 nitrogen and oxygen atoms in total. The van der Waals surface area contributed by atoms with Crippen LogP contribution in [0.5, 0.6) is 5.75 Å². The van der Waals surface area contributed by atoms with E-state index < -0.39 is 18.6 Å². The van der Waals surface area contributed by atoms with E-state index in [4.69, 9.17) is 0 Å². The Morgan fingerprint density at radius 1 is 1.04 bits per heavy atom. The molecular weight excluding hydrogens is 344 g/mol. The van der Waals surface area contributed by atoms with Gasteiger partial charge in [0.15, 0.2) is 0 Å². The van der Waals surface area contributed by atoms with Gasteiger partial charge in [0.2, 0.25) is 5.91 Å². The molecule has 0 aliphatic carbocycles. The molecule has 0 aromatic heterocycles. The van der Waals surface area contributed by atoms with Crippen molar-refractivity contribution >= 4 is 11.9 Å². The summed E-state index contributed by atoms with van der Waals surface area (Å²) < 4.78 is 28.5. The Bertz CT molecular complexity index is 735. The van der Waals surface area contributed by atoms with E-state index in [9.17, 15) is 23.5 Å². The Hall–Kier alpha value is -2.96. The fourth-order valence-corrected chi connectivity index (χ4v) is 2.49. The normalized spacial score (nSPS) is 11.8. The van der Waals surface area contributed by atoms with Crippen LogP contribution in [0.25, 0.3) is 0 Å². The third-order valence-electron chi connectivity index (χ3n) is 3.92. The fourth-order valence-electron chi connectivity index (χ4n) is 2.49. The number of likely N-dealkylation sites (N-methyl/N-ethyl adjacent to an activating group) is 1. The van der Waals surface area contributed by atoms with E-state index in [1.54, 1.807) is 24.3 Å². The van der Waals surface area contributed by atoms with Crippen LogP contribution in [-0.4, -0.2) is 41.6 Å². The number of ether oxygens (including phenoxy) is 1. The van der Waals surface area contributed by atoms with Gasteiger partial charge >= 0.3 is 12.6 Å². The molecule has 138 valence electrons. The topological polar surface area (TPSA) is 66.8 Å². The number of carbonyl (C=O) groups excluding carboxylic acids is 1. The highest BCUT2D eigenvalue weighted by Gasteiger charge is 2.26. The number of carboxylic acids is 1. The van der Waals surface area contributed by atoms with Crippen LogP contribution in [0, 0.1) is 0 Å². The lowest BCUT2D eigenvalue weighted by Crippen LogP contribution is -2.44. The fraction of sp³-hybridized carbons (Fsp3) is 0.263. The number of carbonyl (C=O) groups is 2. The average Bonchev–Trinajstić information content (AvgIpc) is 2.61. The number of hydrogen-bond acceptors (Lipinski definition) is 3. The predicted octanol–water partition coefficient (Wildman–Crippen LogP) is 2.98. The molecule has 0 saturated heterocycles. The van der Waals surface area contributed by atoms with Gasteiger partial charge in [-0.3, -0.25) is 4.79 Å². The molecule has 1 amide bonds. The lowest BCUT2D eigenvalue weighted by Gasteiger charge is -2.25. The molecule has 1 atom stereocenters. The minimum absolute atomic E-state index is 0.00274. The van der Waals surface area contributed by atoms with Gasteiger partial charge in [0.1, 0.15) is 11.8 Å². The van der Waals surface area contributed by atoms with Crippen molar-refractivity contribution in [2.24, 2.45) is 0 Å². The van der Waals surface area contributed by atoms with Crippen molar-refractivity contribution < 1.29 is 28.2 Å². The maximum atomic E-state index is 12.4. The zero-order valence-electron chi connectivity index (χ0n) is 14.1. The molecule has 26 heavy (non-hydrogen) atoms. The van der Waals surface area contributed by atoms with Crippen LogP contribution in [0.1, 0.15) is 11.1 Å². The highest BCUT2D eigenvalue weighted by molar-refractivity contribution is 5.85. The van der Waals surface area contributed by atoms with Crippen molar-refractivity contribution in [1.29, 1.82) is 0 Å². The molecule has 0 saturated carbocycles. The van der Waals surface area contributed by atoms with Crippen LogP contribution in [0.15, 0.2) is 54.6 Å². The Labute approximate surface area is 149 Å². The van der Waals surface area contributed by atoms with Gasteiger partial charge in [-0.05, 0) is 23.3 Å². The van der Waals surface area contributed by atoms with Crippen LogP contribution in [0.3, 0.4) is 0 Å². The van der Waals surface area contributed by atoms with E-state index in [-0.39, 0.29) is 24.5 Å². The monoisotopic (exact) mass is 363 g/mol. The van der Waals surface area contributed by atoms with Crippen molar-refractivity contribution in [3.05, 3.63) is 65.7 Å². The third kappa shape index (κ3) is 5.54. The van der Waals surface area contributed by atoms with Crippen molar-refractivity contribution in [3.63, 3.8) is 0 Å². The molecule has 0 aliphatic heterocycles. The van der Waals surface area contributed by atoms with Crippen LogP contribution in [-0.2, 0) is 22.4 Å². The van der Waals surface area contributed by atoms with Gasteiger partial charge in [-0.2, -0.15) is 8.78 Å². The molecule has 0 radical (unpaired) electrons. The summed E-state index contributed by atoms with van der Waals surface area (Å²) in [5.41, 5.74) is 1.39. The second kappa shape index (κ2) is 8.94. The van der Waals surface area contributed by atoms with Crippen molar-refractivity contribution in [2.45, 2.75) is 25.5 Å². The first-order chi connectivity index (χ1) is 12.4. The lowest BCUT2D eigenvalue weighted by molar-refractivity contribution is -0.148. The van der Waals surface area contributed by atoms with Gasteiger partial charge < -0.3 is 14.7 Å². The van der Waals surface area contributed by atoms with E-state index in [0.29, 0.717) is 5.56 Å². The molecule has 2 aromatic rings. The quantitative estimate of drug-likeness (QED) is 0.783. The Morgan fingerprint density at radius 3 is 2.19 bits per heavy atom. The average molecular weight is 363 g/mol. The summed E-state index contributed by atoms with van der Waals surface area (Å²) in [5, 5.41) is 9.46. The number of halogens is 2. The van der Waals surface area contributed by atoms with Crippen LogP contribution in [0.4, 0.5) is 8.78 Å². The highest BCUT2D eigenvalue weighted by Crippen LogP contribution is 2.16. The molecule has 1 N–H and O–H groups in total. The van der Waals surface area contributed by atoms with E-state index in [1.807, 2.05) is 6.07 Å². The number of nitrogens with zero attached hydrogens (tertiary/aromatic N) is 1. The number of carboxylic acid groups (broad SMARTS) is 1. The molecule has 0 aliphatic rings. The summed E-state index contributed by atoms with van der Waals surface area (Å²) in [5.74, 6) is -1.47. The van der Waals surface area contributed by atoms with E-state index in [0.717, 1.165) is 5.56 Å². The minimum atomic E-state index is -2.91. The summed E-state index contributed by atoms with van der Waals surface area (Å²) in [4.78, 5) is 25.2. The van der Waals surface area contributed by atoms with Crippen LogP contribution >= 0.6 is 0 Å². The van der Waals surface area contributed by atoms with Crippen LogP contribution in [0.2, 0.25) is 0 Å². The molecule has 2 rings (SSSR count). The number of hydrogen-bond donors (Lipinski definition) is 1. The summed E-state index contributed by atoms with van der Waals surface area (Å²) in [6.45, 7) is -2.91. The zero-order valence-corrected chi connectivity index (χ0v) is 14.1. The number of alkyl halides is 2. The molecule has 0 bridgehead atoms. The highest BCUT2D eigenvalue weighted by atomic mass is 19.3. The smallest absolute Gasteiger partial charge is 0.387 e. The van der Waals surface area contributed by atoms with Gasteiger partial charge in [0.05, 0.1) is 6.42 Å². The van der Waals surface area contributed by atoms with E-state index in [1.165, 1.54) is 36.2 Å². The second-order valence-corrected chi connectivity index (χ2v) is 5.75. The molecular formula is C19H19F2NO4. The molecule has 1 unspecified atom stereocenters. The first kappa shape index (κ1) is 19.4. The maximum absolute atomic E-state index is 12.4. The molecule has 2 aromatic carbocycles. The SMILES string of the molecule is CN(C(=O)Cc1ccc(OC(F)F)cc1)C(Cc1ccccc1)C(=O)O. The predicted molar refractivity (Wildman–Crippen MR) is 91.1 cm³/mol. The molecule has 0 heterocycles. The van der Waals surface area contributed by atoms with Crippen molar-refractivity contribution in [3.8, 4) is 5.75 Å². The van der Waals surface area contributed by atoms with E-state index >= 15 is 0 Å². The Kier molecular flexibility index (Phi) is 6.66.